The predicted molar refractivity (Wildman–Crippen MR) is 139 cm³/mol. The van der Waals surface area contributed by atoms with Crippen molar-refractivity contribution in [3.63, 3.8) is 0 Å². The second-order valence-electron chi connectivity index (χ2n) is 8.12. The first kappa shape index (κ1) is 24.8. The highest BCUT2D eigenvalue weighted by Gasteiger charge is 2.14. The summed E-state index contributed by atoms with van der Waals surface area (Å²) in [7, 11) is 1.73. The van der Waals surface area contributed by atoms with Gasteiger partial charge in [-0.3, -0.25) is 9.59 Å². The van der Waals surface area contributed by atoms with Crippen molar-refractivity contribution in [3.05, 3.63) is 84.4 Å². The molecule has 3 rings (SSSR count). The van der Waals surface area contributed by atoms with Crippen LogP contribution in [0.2, 0.25) is 0 Å². The highest BCUT2D eigenvalue weighted by molar-refractivity contribution is 6.06. The Hall–Kier alpha value is -3.80. The van der Waals surface area contributed by atoms with E-state index in [1.54, 1.807) is 36.2 Å². The van der Waals surface area contributed by atoms with Crippen molar-refractivity contribution in [2.24, 2.45) is 0 Å². The fourth-order valence-corrected chi connectivity index (χ4v) is 3.49. The number of ether oxygens (including phenoxy) is 1. The summed E-state index contributed by atoms with van der Waals surface area (Å²) in [6.07, 6.45) is 4.63. The van der Waals surface area contributed by atoms with Crippen LogP contribution >= 0.6 is 0 Å². The van der Waals surface area contributed by atoms with Gasteiger partial charge in [0, 0.05) is 35.7 Å². The van der Waals surface area contributed by atoms with E-state index < -0.39 is 0 Å². The molecule has 6 heteroatoms. The van der Waals surface area contributed by atoms with Crippen LogP contribution in [0.4, 0.5) is 17.1 Å². The van der Waals surface area contributed by atoms with E-state index in [9.17, 15) is 9.59 Å². The molecule has 0 atom stereocenters. The van der Waals surface area contributed by atoms with Crippen LogP contribution < -0.4 is 20.3 Å². The Bertz CT molecular complexity index is 1070. The molecule has 0 aliphatic carbocycles. The quantitative estimate of drug-likeness (QED) is 0.327. The largest absolute Gasteiger partial charge is 0.494 e. The van der Waals surface area contributed by atoms with Crippen LogP contribution in [0.5, 0.6) is 5.75 Å². The van der Waals surface area contributed by atoms with Crippen LogP contribution in [0.3, 0.4) is 0 Å². The average molecular weight is 460 g/mol. The molecule has 0 aliphatic heterocycles. The van der Waals surface area contributed by atoms with E-state index in [-0.39, 0.29) is 18.4 Å². The maximum atomic E-state index is 12.8. The zero-order valence-corrected chi connectivity index (χ0v) is 19.9. The van der Waals surface area contributed by atoms with E-state index in [1.165, 1.54) is 19.3 Å². The topological polar surface area (TPSA) is 70.7 Å². The van der Waals surface area contributed by atoms with Crippen molar-refractivity contribution in [3.8, 4) is 5.75 Å². The molecule has 0 saturated carbocycles. The second kappa shape index (κ2) is 13.0. The standard InChI is InChI=1S/C28H33N3O3/c1-3-4-5-9-18-34-26-17-11-13-23(20-26)29-21-27(32)30-24-14-10-12-22(19-24)28(33)31(2)25-15-7-6-8-16-25/h6-8,10-17,19-20,29H,3-5,9,18,21H2,1-2H3,(H,30,32). The summed E-state index contributed by atoms with van der Waals surface area (Å²) >= 11 is 0. The third kappa shape index (κ3) is 7.66. The number of anilines is 3. The zero-order valence-electron chi connectivity index (χ0n) is 19.9. The Balaban J connectivity index is 1.51. The minimum atomic E-state index is -0.202. The fourth-order valence-electron chi connectivity index (χ4n) is 3.49. The van der Waals surface area contributed by atoms with Gasteiger partial charge in [0.15, 0.2) is 0 Å². The summed E-state index contributed by atoms with van der Waals surface area (Å²) in [5.74, 6) is 0.439. The van der Waals surface area contributed by atoms with Gasteiger partial charge < -0.3 is 20.3 Å². The van der Waals surface area contributed by atoms with Crippen molar-refractivity contribution >= 4 is 28.9 Å². The third-order valence-corrected chi connectivity index (χ3v) is 5.40. The number of para-hydroxylation sites is 1. The van der Waals surface area contributed by atoms with Crippen molar-refractivity contribution in [2.45, 2.75) is 32.6 Å². The van der Waals surface area contributed by atoms with Crippen molar-refractivity contribution in [2.75, 3.05) is 35.7 Å². The molecule has 0 bridgehead atoms. The highest BCUT2D eigenvalue weighted by atomic mass is 16.5. The monoisotopic (exact) mass is 459 g/mol. The molecule has 178 valence electrons. The summed E-state index contributed by atoms with van der Waals surface area (Å²) in [5, 5.41) is 5.98. The van der Waals surface area contributed by atoms with Gasteiger partial charge in [0.05, 0.1) is 13.2 Å². The molecular formula is C28H33N3O3. The Morgan fingerprint density at radius 1 is 0.853 bits per heavy atom. The molecule has 0 saturated heterocycles. The van der Waals surface area contributed by atoms with Gasteiger partial charge in [0.25, 0.3) is 5.91 Å². The molecule has 0 aliphatic rings. The van der Waals surface area contributed by atoms with Crippen LogP contribution in [0.25, 0.3) is 0 Å². The summed E-state index contributed by atoms with van der Waals surface area (Å²) in [4.78, 5) is 26.9. The van der Waals surface area contributed by atoms with Crippen molar-refractivity contribution in [1.29, 1.82) is 0 Å². The molecule has 0 fully saturated rings. The van der Waals surface area contributed by atoms with Gasteiger partial charge in [-0.15, -0.1) is 0 Å². The number of nitrogens with zero attached hydrogens (tertiary/aromatic N) is 1. The average Bonchev–Trinajstić information content (AvgIpc) is 2.87. The molecule has 0 unspecified atom stereocenters. The number of carbonyl (C=O) groups excluding carboxylic acids is 2. The van der Waals surface area contributed by atoms with Gasteiger partial charge in [-0.05, 0) is 48.9 Å². The number of hydrogen-bond donors (Lipinski definition) is 2. The predicted octanol–water partition coefficient (Wildman–Crippen LogP) is 5.97. The number of carbonyl (C=O) groups is 2. The smallest absolute Gasteiger partial charge is 0.258 e. The van der Waals surface area contributed by atoms with Gasteiger partial charge in [-0.1, -0.05) is 56.5 Å². The summed E-state index contributed by atoms with van der Waals surface area (Å²) in [6, 6.07) is 24.0. The van der Waals surface area contributed by atoms with E-state index in [2.05, 4.69) is 17.6 Å². The first-order valence-corrected chi connectivity index (χ1v) is 11.8. The molecule has 0 heterocycles. The first-order valence-electron chi connectivity index (χ1n) is 11.8. The van der Waals surface area contributed by atoms with Crippen molar-refractivity contribution in [1.82, 2.24) is 0 Å². The maximum Gasteiger partial charge on any atom is 0.258 e. The van der Waals surface area contributed by atoms with E-state index in [1.807, 2.05) is 54.6 Å². The Kier molecular flexibility index (Phi) is 9.52. The van der Waals surface area contributed by atoms with Crippen molar-refractivity contribution < 1.29 is 14.3 Å². The Morgan fingerprint density at radius 3 is 2.41 bits per heavy atom. The lowest BCUT2D eigenvalue weighted by Crippen LogP contribution is -2.26. The normalized spacial score (nSPS) is 10.4. The van der Waals surface area contributed by atoms with Crippen LogP contribution in [0.1, 0.15) is 43.0 Å². The minimum Gasteiger partial charge on any atom is -0.494 e. The molecule has 0 spiro atoms. The SMILES string of the molecule is CCCCCCOc1cccc(NCC(=O)Nc2cccc(C(=O)N(C)c3ccccc3)c2)c1. The molecule has 6 nitrogen and oxygen atoms in total. The summed E-state index contributed by atoms with van der Waals surface area (Å²) in [5.41, 5.74) is 2.69. The zero-order chi connectivity index (χ0) is 24.2. The van der Waals surface area contributed by atoms with Crippen LogP contribution in [0.15, 0.2) is 78.9 Å². The minimum absolute atomic E-state index is 0.0993. The number of hydrogen-bond acceptors (Lipinski definition) is 4. The van der Waals surface area contributed by atoms with Gasteiger partial charge in [0.1, 0.15) is 5.75 Å². The molecule has 34 heavy (non-hydrogen) atoms. The fraction of sp³-hybridized carbons (Fsp3) is 0.286. The van der Waals surface area contributed by atoms with Gasteiger partial charge in [-0.25, -0.2) is 0 Å². The molecule has 3 aromatic rings. The first-order chi connectivity index (χ1) is 16.6. The number of nitrogens with one attached hydrogen (secondary N) is 2. The molecule has 0 radical (unpaired) electrons. The molecule has 2 amide bonds. The number of rotatable bonds is 12. The molecule has 0 aromatic heterocycles. The summed E-state index contributed by atoms with van der Waals surface area (Å²) < 4.78 is 5.81. The lowest BCUT2D eigenvalue weighted by molar-refractivity contribution is -0.114. The number of amides is 2. The van der Waals surface area contributed by atoms with E-state index in [4.69, 9.17) is 4.74 Å². The van der Waals surface area contributed by atoms with E-state index in [0.717, 1.165) is 23.5 Å². The van der Waals surface area contributed by atoms with E-state index >= 15 is 0 Å². The van der Waals surface area contributed by atoms with Crippen LogP contribution in [-0.2, 0) is 4.79 Å². The Labute approximate surface area is 201 Å². The second-order valence-corrected chi connectivity index (χ2v) is 8.12. The van der Waals surface area contributed by atoms with E-state index in [0.29, 0.717) is 17.9 Å². The number of unbranched alkanes of at least 4 members (excludes halogenated alkanes) is 3. The highest BCUT2D eigenvalue weighted by Crippen LogP contribution is 2.19. The summed E-state index contributed by atoms with van der Waals surface area (Å²) in [6.45, 7) is 2.98. The number of benzene rings is 3. The van der Waals surface area contributed by atoms with Crippen LogP contribution in [-0.4, -0.2) is 32.0 Å². The van der Waals surface area contributed by atoms with Crippen LogP contribution in [0, 0.1) is 0 Å². The van der Waals surface area contributed by atoms with Gasteiger partial charge in [0.2, 0.25) is 5.91 Å². The molecule has 3 aromatic carbocycles. The Morgan fingerprint density at radius 2 is 1.62 bits per heavy atom. The maximum absolute atomic E-state index is 12.8. The lowest BCUT2D eigenvalue weighted by Gasteiger charge is -2.18. The molecule has 2 N–H and O–H groups in total. The molecular weight excluding hydrogens is 426 g/mol. The van der Waals surface area contributed by atoms with Gasteiger partial charge in [-0.2, -0.15) is 0 Å². The van der Waals surface area contributed by atoms with Gasteiger partial charge >= 0.3 is 0 Å². The third-order valence-electron chi connectivity index (χ3n) is 5.40. The lowest BCUT2D eigenvalue weighted by atomic mass is 10.1.